The highest BCUT2D eigenvalue weighted by atomic mass is 16.1. The average Bonchev–Trinajstić information content (AvgIpc) is 3.07. The average molecular weight is 400 g/mol. The second-order valence-electron chi connectivity index (χ2n) is 7.86. The van der Waals surface area contributed by atoms with E-state index < -0.39 is 0 Å². The summed E-state index contributed by atoms with van der Waals surface area (Å²) < 4.78 is 2.39. The van der Waals surface area contributed by atoms with Gasteiger partial charge in [-0.05, 0) is 69.4 Å². The number of carbonyl (C=O) groups is 1. The maximum absolute atomic E-state index is 12.0. The Morgan fingerprint density at radius 1 is 0.967 bits per heavy atom. The predicted octanol–water partition coefficient (Wildman–Crippen LogP) is 5.71. The number of hydrogen-bond donors (Lipinski definition) is 0. The molecule has 2 aromatic carbocycles. The highest BCUT2D eigenvalue weighted by Crippen LogP contribution is 2.33. The van der Waals surface area contributed by atoms with Crippen molar-refractivity contribution in [2.75, 3.05) is 19.6 Å². The summed E-state index contributed by atoms with van der Waals surface area (Å²) in [6, 6.07) is 18.8. The molecule has 2 heterocycles. The molecule has 0 radical (unpaired) electrons. The number of Topliss-reactive ketones (excluding diaryl/α,β-unsaturated/α-hetero) is 1. The number of pyridine rings is 1. The number of rotatable bonds is 7. The Balaban J connectivity index is 1.90. The monoisotopic (exact) mass is 399 g/mol. The first kappa shape index (κ1) is 20.3. The third kappa shape index (κ3) is 3.75. The molecule has 0 bridgehead atoms. The van der Waals surface area contributed by atoms with E-state index in [1.165, 1.54) is 16.4 Å². The summed E-state index contributed by atoms with van der Waals surface area (Å²) in [4.78, 5) is 19.2. The summed E-state index contributed by atoms with van der Waals surface area (Å²) in [5.41, 5.74) is 6.22. The van der Waals surface area contributed by atoms with Crippen molar-refractivity contribution < 1.29 is 4.79 Å². The van der Waals surface area contributed by atoms with Gasteiger partial charge in [-0.15, -0.1) is 0 Å². The summed E-state index contributed by atoms with van der Waals surface area (Å²) >= 11 is 0. The topological polar surface area (TPSA) is 38.1 Å². The summed E-state index contributed by atoms with van der Waals surface area (Å²) in [7, 11) is 0. The summed E-state index contributed by atoms with van der Waals surface area (Å²) in [5, 5.41) is 2.31. The Morgan fingerprint density at radius 2 is 1.67 bits per heavy atom. The fourth-order valence-corrected chi connectivity index (χ4v) is 4.21. The van der Waals surface area contributed by atoms with Crippen LogP contribution >= 0.6 is 0 Å². The van der Waals surface area contributed by atoms with Gasteiger partial charge in [0.1, 0.15) is 0 Å². The molecule has 0 aliphatic carbocycles. The molecule has 4 heteroatoms. The highest BCUT2D eigenvalue weighted by Gasteiger charge is 2.14. The SMILES string of the molecule is CCN(CC)CCn1c2ccc(C(C)=O)cc2c2cc(-c3cccc(C)n3)ccc21. The Morgan fingerprint density at radius 3 is 2.33 bits per heavy atom. The molecule has 2 aromatic heterocycles. The molecule has 4 aromatic rings. The quantitative estimate of drug-likeness (QED) is 0.374. The third-order valence-electron chi connectivity index (χ3n) is 5.99. The molecule has 154 valence electrons. The first-order valence-corrected chi connectivity index (χ1v) is 10.7. The van der Waals surface area contributed by atoms with E-state index in [4.69, 9.17) is 4.98 Å². The molecule has 4 nitrogen and oxygen atoms in total. The third-order valence-corrected chi connectivity index (χ3v) is 5.99. The number of carbonyl (C=O) groups excluding carboxylic acids is 1. The van der Waals surface area contributed by atoms with Crippen LogP contribution in [0.4, 0.5) is 0 Å². The molecule has 0 aliphatic rings. The minimum absolute atomic E-state index is 0.0949. The van der Waals surface area contributed by atoms with E-state index in [0.29, 0.717) is 0 Å². The molecule has 4 rings (SSSR count). The lowest BCUT2D eigenvalue weighted by Crippen LogP contribution is -2.26. The Bertz CT molecular complexity index is 1220. The van der Waals surface area contributed by atoms with Crippen LogP contribution in [0, 0.1) is 6.92 Å². The van der Waals surface area contributed by atoms with Crippen LogP contribution in [0.15, 0.2) is 54.6 Å². The van der Waals surface area contributed by atoms with E-state index in [0.717, 1.165) is 54.1 Å². The number of aromatic nitrogens is 2. The van der Waals surface area contributed by atoms with Crippen LogP contribution in [0.5, 0.6) is 0 Å². The lowest BCUT2D eigenvalue weighted by Gasteiger charge is -2.19. The fourth-order valence-electron chi connectivity index (χ4n) is 4.21. The van der Waals surface area contributed by atoms with Crippen molar-refractivity contribution in [3.8, 4) is 11.3 Å². The van der Waals surface area contributed by atoms with Crippen molar-refractivity contribution in [3.05, 3.63) is 65.9 Å². The number of benzene rings is 2. The Labute approximate surface area is 178 Å². The minimum atomic E-state index is 0.0949. The summed E-state index contributed by atoms with van der Waals surface area (Å²) in [5.74, 6) is 0.0949. The lowest BCUT2D eigenvalue weighted by molar-refractivity contribution is 0.101. The normalized spacial score (nSPS) is 11.6. The largest absolute Gasteiger partial charge is 0.339 e. The van der Waals surface area contributed by atoms with Gasteiger partial charge in [0.05, 0.1) is 5.69 Å². The van der Waals surface area contributed by atoms with Crippen molar-refractivity contribution in [1.29, 1.82) is 0 Å². The molecule has 0 amide bonds. The van der Waals surface area contributed by atoms with Gasteiger partial charge >= 0.3 is 0 Å². The molecule has 0 unspecified atom stereocenters. The number of ketones is 1. The smallest absolute Gasteiger partial charge is 0.159 e. The van der Waals surface area contributed by atoms with E-state index in [1.807, 2.05) is 31.2 Å². The van der Waals surface area contributed by atoms with Crippen LogP contribution in [0.2, 0.25) is 0 Å². The zero-order chi connectivity index (χ0) is 21.3. The van der Waals surface area contributed by atoms with Crippen molar-refractivity contribution in [2.45, 2.75) is 34.2 Å². The van der Waals surface area contributed by atoms with Gasteiger partial charge in [-0.2, -0.15) is 0 Å². The zero-order valence-electron chi connectivity index (χ0n) is 18.3. The van der Waals surface area contributed by atoms with Gasteiger partial charge in [0.2, 0.25) is 0 Å². The highest BCUT2D eigenvalue weighted by molar-refractivity contribution is 6.11. The number of likely N-dealkylation sites (N-methyl/N-ethyl adjacent to an activating group) is 1. The number of aryl methyl sites for hydroxylation is 1. The molecule has 0 N–H and O–H groups in total. The molecule has 0 saturated heterocycles. The second kappa shape index (κ2) is 8.41. The molecule has 0 fully saturated rings. The van der Waals surface area contributed by atoms with Crippen LogP contribution in [0.3, 0.4) is 0 Å². The van der Waals surface area contributed by atoms with Gasteiger partial charge in [-0.1, -0.05) is 26.0 Å². The fraction of sp³-hybridized carbons (Fsp3) is 0.308. The van der Waals surface area contributed by atoms with Gasteiger partial charge in [0.25, 0.3) is 0 Å². The van der Waals surface area contributed by atoms with E-state index >= 15 is 0 Å². The lowest BCUT2D eigenvalue weighted by atomic mass is 10.0. The molecular formula is C26H29N3O. The Kier molecular flexibility index (Phi) is 5.69. The standard InChI is InChI=1S/C26H29N3O/c1-5-28(6-2)14-15-29-25-12-10-20(19(4)30)16-22(25)23-17-21(11-13-26(23)29)24-9-7-8-18(3)27-24/h7-13,16-17H,5-6,14-15H2,1-4H3. The van der Waals surface area contributed by atoms with E-state index in [-0.39, 0.29) is 5.78 Å². The zero-order valence-corrected chi connectivity index (χ0v) is 18.3. The molecular weight excluding hydrogens is 370 g/mol. The first-order valence-electron chi connectivity index (χ1n) is 10.7. The predicted molar refractivity (Wildman–Crippen MR) is 125 cm³/mol. The second-order valence-corrected chi connectivity index (χ2v) is 7.86. The summed E-state index contributed by atoms with van der Waals surface area (Å²) in [6.07, 6.45) is 0. The number of hydrogen-bond acceptors (Lipinski definition) is 3. The minimum Gasteiger partial charge on any atom is -0.339 e. The van der Waals surface area contributed by atoms with Crippen molar-refractivity contribution >= 4 is 27.6 Å². The maximum Gasteiger partial charge on any atom is 0.159 e. The van der Waals surface area contributed by atoms with Crippen molar-refractivity contribution in [3.63, 3.8) is 0 Å². The van der Waals surface area contributed by atoms with E-state index in [2.05, 4.69) is 53.6 Å². The molecule has 0 aliphatic heterocycles. The van der Waals surface area contributed by atoms with Crippen molar-refractivity contribution in [2.24, 2.45) is 0 Å². The van der Waals surface area contributed by atoms with Crippen LogP contribution in [-0.2, 0) is 6.54 Å². The number of fused-ring (bicyclic) bond motifs is 3. The molecule has 30 heavy (non-hydrogen) atoms. The van der Waals surface area contributed by atoms with Gasteiger partial charge in [0, 0.05) is 51.7 Å². The van der Waals surface area contributed by atoms with Crippen LogP contribution in [0.25, 0.3) is 33.1 Å². The van der Waals surface area contributed by atoms with E-state index in [9.17, 15) is 4.79 Å². The molecule has 0 spiro atoms. The van der Waals surface area contributed by atoms with Crippen LogP contribution in [0.1, 0.15) is 36.8 Å². The molecule has 0 saturated carbocycles. The van der Waals surface area contributed by atoms with Gasteiger partial charge in [-0.25, -0.2) is 0 Å². The van der Waals surface area contributed by atoms with Crippen LogP contribution < -0.4 is 0 Å². The number of nitrogens with zero attached hydrogens (tertiary/aromatic N) is 3. The Hall–Kier alpha value is -2.98. The maximum atomic E-state index is 12.0. The van der Waals surface area contributed by atoms with Gasteiger partial charge < -0.3 is 9.47 Å². The summed E-state index contributed by atoms with van der Waals surface area (Å²) in [6.45, 7) is 12.1. The van der Waals surface area contributed by atoms with Crippen molar-refractivity contribution in [1.82, 2.24) is 14.5 Å². The van der Waals surface area contributed by atoms with Crippen LogP contribution in [-0.4, -0.2) is 39.9 Å². The van der Waals surface area contributed by atoms with Gasteiger partial charge in [0.15, 0.2) is 5.78 Å². The molecule has 0 atom stereocenters. The first-order chi connectivity index (χ1) is 14.5. The van der Waals surface area contributed by atoms with Gasteiger partial charge in [-0.3, -0.25) is 9.78 Å². The van der Waals surface area contributed by atoms with E-state index in [1.54, 1.807) is 6.92 Å².